The first-order valence-corrected chi connectivity index (χ1v) is 6.20. The van der Waals surface area contributed by atoms with Gasteiger partial charge in [-0.1, -0.05) is 24.3 Å². The molecule has 4 nitrogen and oxygen atoms in total. The number of nitrogens with one attached hydrogen (secondary N) is 2. The summed E-state index contributed by atoms with van der Waals surface area (Å²) in [5.41, 5.74) is 0.514. The molecular formula is C14H17Cl2N3O. The second-order valence-corrected chi connectivity index (χ2v) is 4.54. The number of nitrogens with zero attached hydrogens (tertiary/aromatic N) is 1. The number of pyridine rings is 1. The fourth-order valence-electron chi connectivity index (χ4n) is 2.33. The Morgan fingerprint density at radius 3 is 2.80 bits per heavy atom. The monoisotopic (exact) mass is 313 g/mol. The number of fused-ring (bicyclic) bond motifs is 1. The molecule has 1 amide bonds. The Bertz CT molecular complexity index is 580. The highest BCUT2D eigenvalue weighted by Gasteiger charge is 2.19. The minimum Gasteiger partial charge on any atom is -0.347 e. The van der Waals surface area contributed by atoms with Gasteiger partial charge in [-0.2, -0.15) is 0 Å². The molecule has 1 aliphatic rings. The van der Waals surface area contributed by atoms with E-state index in [1.165, 1.54) is 0 Å². The van der Waals surface area contributed by atoms with E-state index in [1.807, 2.05) is 30.3 Å². The number of carbonyl (C=O) groups excluding carboxylic acids is 1. The summed E-state index contributed by atoms with van der Waals surface area (Å²) < 4.78 is 0. The maximum Gasteiger partial charge on any atom is 0.270 e. The van der Waals surface area contributed by atoms with E-state index in [2.05, 4.69) is 15.6 Å². The fraction of sp³-hybridized carbons (Fsp3) is 0.286. The van der Waals surface area contributed by atoms with Gasteiger partial charge in [-0.05, 0) is 24.4 Å². The number of hydrogen-bond acceptors (Lipinski definition) is 3. The lowest BCUT2D eigenvalue weighted by molar-refractivity contribution is 0.0937. The summed E-state index contributed by atoms with van der Waals surface area (Å²) in [5.74, 6) is -0.0829. The number of aromatic nitrogens is 1. The molecular weight excluding hydrogens is 297 g/mol. The van der Waals surface area contributed by atoms with Crippen LogP contribution < -0.4 is 10.6 Å². The van der Waals surface area contributed by atoms with Crippen LogP contribution >= 0.6 is 24.8 Å². The molecule has 1 saturated heterocycles. The van der Waals surface area contributed by atoms with E-state index in [-0.39, 0.29) is 36.8 Å². The van der Waals surface area contributed by atoms with Gasteiger partial charge in [0.15, 0.2) is 0 Å². The Labute approximate surface area is 130 Å². The van der Waals surface area contributed by atoms with E-state index >= 15 is 0 Å². The third-order valence-corrected chi connectivity index (χ3v) is 3.28. The number of halogens is 2. The topological polar surface area (TPSA) is 54.0 Å². The molecule has 2 N–H and O–H groups in total. The largest absolute Gasteiger partial charge is 0.347 e. The molecule has 0 aliphatic carbocycles. The molecule has 108 valence electrons. The Hall–Kier alpha value is -1.36. The van der Waals surface area contributed by atoms with Crippen LogP contribution in [0.15, 0.2) is 36.5 Å². The Morgan fingerprint density at radius 1 is 1.25 bits per heavy atom. The van der Waals surface area contributed by atoms with Crippen LogP contribution in [-0.2, 0) is 0 Å². The molecule has 6 heteroatoms. The summed E-state index contributed by atoms with van der Waals surface area (Å²) in [5, 5.41) is 8.20. The molecule has 2 aromatic rings. The van der Waals surface area contributed by atoms with Gasteiger partial charge in [0.2, 0.25) is 0 Å². The van der Waals surface area contributed by atoms with Gasteiger partial charge in [-0.25, -0.2) is 0 Å². The first kappa shape index (κ1) is 16.7. The van der Waals surface area contributed by atoms with Crippen molar-refractivity contribution in [3.63, 3.8) is 0 Å². The highest BCUT2D eigenvalue weighted by Crippen LogP contribution is 2.16. The van der Waals surface area contributed by atoms with Crippen molar-refractivity contribution in [2.45, 2.75) is 12.5 Å². The Kier molecular flexibility index (Phi) is 6.20. The maximum atomic E-state index is 12.2. The molecule has 0 saturated carbocycles. The van der Waals surface area contributed by atoms with Gasteiger partial charge in [0.05, 0.1) is 0 Å². The molecule has 2 heterocycles. The van der Waals surface area contributed by atoms with Crippen molar-refractivity contribution in [1.82, 2.24) is 15.6 Å². The van der Waals surface area contributed by atoms with Gasteiger partial charge in [0.1, 0.15) is 5.69 Å². The van der Waals surface area contributed by atoms with Gasteiger partial charge < -0.3 is 10.6 Å². The van der Waals surface area contributed by atoms with Gasteiger partial charge in [0, 0.05) is 24.2 Å². The SMILES string of the molecule is Cl.Cl.O=C(NC1CCNC1)c1nccc2ccccc12. The smallest absolute Gasteiger partial charge is 0.270 e. The molecule has 0 spiro atoms. The molecule has 1 unspecified atom stereocenters. The zero-order valence-electron chi connectivity index (χ0n) is 10.8. The summed E-state index contributed by atoms with van der Waals surface area (Å²) in [6.07, 6.45) is 2.67. The van der Waals surface area contributed by atoms with Crippen LogP contribution in [0.1, 0.15) is 16.9 Å². The summed E-state index contributed by atoms with van der Waals surface area (Å²) >= 11 is 0. The molecule has 1 aromatic carbocycles. The average molecular weight is 314 g/mol. The second kappa shape index (κ2) is 7.43. The van der Waals surface area contributed by atoms with Crippen LogP contribution in [0, 0.1) is 0 Å². The molecule has 1 aliphatic heterocycles. The van der Waals surface area contributed by atoms with Gasteiger partial charge in [0.25, 0.3) is 5.91 Å². The molecule has 1 atom stereocenters. The normalized spacial score (nSPS) is 17.1. The van der Waals surface area contributed by atoms with Crippen LogP contribution in [0.4, 0.5) is 0 Å². The molecule has 0 bridgehead atoms. The molecule has 20 heavy (non-hydrogen) atoms. The second-order valence-electron chi connectivity index (χ2n) is 4.54. The van der Waals surface area contributed by atoms with Gasteiger partial charge >= 0.3 is 0 Å². The van der Waals surface area contributed by atoms with Crippen molar-refractivity contribution in [2.24, 2.45) is 0 Å². The van der Waals surface area contributed by atoms with Crippen molar-refractivity contribution in [1.29, 1.82) is 0 Å². The molecule has 1 fully saturated rings. The first-order valence-electron chi connectivity index (χ1n) is 6.20. The van der Waals surface area contributed by atoms with E-state index in [0.717, 1.165) is 30.3 Å². The summed E-state index contributed by atoms with van der Waals surface area (Å²) in [4.78, 5) is 16.4. The van der Waals surface area contributed by atoms with Crippen LogP contribution in [-0.4, -0.2) is 30.0 Å². The summed E-state index contributed by atoms with van der Waals surface area (Å²) in [6.45, 7) is 1.81. The standard InChI is InChI=1S/C14H15N3O.2ClH/c18-14(17-11-6-7-15-9-11)13-12-4-2-1-3-10(12)5-8-16-13;;/h1-5,8,11,15H,6-7,9H2,(H,17,18);2*1H. The lowest BCUT2D eigenvalue weighted by Gasteiger charge is -2.11. The number of amides is 1. The number of hydrogen-bond donors (Lipinski definition) is 2. The Balaban J connectivity index is 0.000001000. The fourth-order valence-corrected chi connectivity index (χ4v) is 2.33. The number of benzene rings is 1. The number of rotatable bonds is 2. The van der Waals surface area contributed by atoms with Crippen LogP contribution in [0.2, 0.25) is 0 Å². The van der Waals surface area contributed by atoms with E-state index < -0.39 is 0 Å². The lowest BCUT2D eigenvalue weighted by atomic mass is 10.1. The lowest BCUT2D eigenvalue weighted by Crippen LogP contribution is -2.36. The Morgan fingerprint density at radius 2 is 2.05 bits per heavy atom. The van der Waals surface area contributed by atoms with Crippen molar-refractivity contribution in [2.75, 3.05) is 13.1 Å². The van der Waals surface area contributed by atoms with E-state index in [9.17, 15) is 4.79 Å². The van der Waals surface area contributed by atoms with E-state index in [1.54, 1.807) is 6.20 Å². The summed E-state index contributed by atoms with van der Waals surface area (Å²) in [7, 11) is 0. The van der Waals surface area contributed by atoms with Gasteiger partial charge in [-0.15, -0.1) is 24.8 Å². The molecule has 3 rings (SSSR count). The van der Waals surface area contributed by atoms with Crippen LogP contribution in [0.3, 0.4) is 0 Å². The predicted octanol–water partition coefficient (Wildman–Crippen LogP) is 2.17. The quantitative estimate of drug-likeness (QED) is 0.893. The highest BCUT2D eigenvalue weighted by atomic mass is 35.5. The third-order valence-electron chi connectivity index (χ3n) is 3.28. The van der Waals surface area contributed by atoms with E-state index in [4.69, 9.17) is 0 Å². The predicted molar refractivity (Wildman–Crippen MR) is 85.0 cm³/mol. The zero-order chi connectivity index (χ0) is 12.4. The molecule has 0 radical (unpaired) electrons. The number of carbonyl (C=O) groups is 1. The summed E-state index contributed by atoms with van der Waals surface area (Å²) in [6, 6.07) is 9.96. The van der Waals surface area contributed by atoms with Gasteiger partial charge in [-0.3, -0.25) is 9.78 Å². The maximum absolute atomic E-state index is 12.2. The highest BCUT2D eigenvalue weighted by molar-refractivity contribution is 6.05. The van der Waals surface area contributed by atoms with Crippen molar-refractivity contribution < 1.29 is 4.79 Å². The van der Waals surface area contributed by atoms with Crippen molar-refractivity contribution >= 4 is 41.5 Å². The minimum atomic E-state index is -0.0829. The third kappa shape index (κ3) is 3.39. The van der Waals surface area contributed by atoms with Crippen molar-refractivity contribution in [3.8, 4) is 0 Å². The van der Waals surface area contributed by atoms with Crippen molar-refractivity contribution in [3.05, 3.63) is 42.2 Å². The molecule has 1 aromatic heterocycles. The minimum absolute atomic E-state index is 0. The van der Waals surface area contributed by atoms with Crippen LogP contribution in [0.25, 0.3) is 10.8 Å². The van der Waals surface area contributed by atoms with Crippen LogP contribution in [0.5, 0.6) is 0 Å². The first-order chi connectivity index (χ1) is 8.84. The zero-order valence-corrected chi connectivity index (χ0v) is 12.5. The average Bonchev–Trinajstić information content (AvgIpc) is 2.91. The van der Waals surface area contributed by atoms with E-state index in [0.29, 0.717) is 5.69 Å².